The normalized spacial score (nSPS) is 24.2. The van der Waals surface area contributed by atoms with Crippen molar-refractivity contribution in [3.8, 4) is 11.5 Å². The summed E-state index contributed by atoms with van der Waals surface area (Å²) in [4.78, 5) is 19.8. The lowest BCUT2D eigenvalue weighted by Gasteiger charge is -2.58. The van der Waals surface area contributed by atoms with E-state index in [1.807, 2.05) is 36.4 Å². The molecule has 10 heteroatoms. The van der Waals surface area contributed by atoms with Gasteiger partial charge in [0.05, 0.1) is 23.5 Å². The summed E-state index contributed by atoms with van der Waals surface area (Å²) in [7, 11) is 1.59. The van der Waals surface area contributed by atoms with E-state index in [2.05, 4.69) is 42.2 Å². The molecule has 0 unspecified atom stereocenters. The molecule has 3 N–H and O–H groups in total. The van der Waals surface area contributed by atoms with Crippen molar-refractivity contribution in [1.82, 2.24) is 5.32 Å². The first-order chi connectivity index (χ1) is 28.0. The molecule has 1 fully saturated rings. The highest BCUT2D eigenvalue weighted by atomic mass is 32.2. The van der Waals surface area contributed by atoms with Gasteiger partial charge in [-0.1, -0.05) is 113 Å². The number of carbonyl (C=O) groups is 1. The predicted molar refractivity (Wildman–Crippen MR) is 230 cm³/mol. The van der Waals surface area contributed by atoms with Crippen molar-refractivity contribution in [1.29, 1.82) is 0 Å². The molecular formula is C47H68N2O7S. The summed E-state index contributed by atoms with van der Waals surface area (Å²) in [5.41, 5.74) is 2.92. The molecule has 0 radical (unpaired) electrons. The van der Waals surface area contributed by atoms with Crippen molar-refractivity contribution in [2.75, 3.05) is 33.5 Å². The summed E-state index contributed by atoms with van der Waals surface area (Å²) in [6.07, 6.45) is 21.6. The highest BCUT2D eigenvalue weighted by molar-refractivity contribution is 8.00. The minimum absolute atomic E-state index is 0.0872. The average molecular weight is 805 g/mol. The molecule has 0 aromatic heterocycles. The van der Waals surface area contributed by atoms with Crippen molar-refractivity contribution < 1.29 is 34.1 Å². The number of amides is 1. The number of nitrogens with one attached hydrogen (secondary N) is 1. The number of aliphatic hydroxyl groups is 2. The number of rotatable bonds is 26. The maximum atomic E-state index is 13.1. The van der Waals surface area contributed by atoms with Gasteiger partial charge >= 0.3 is 6.09 Å². The van der Waals surface area contributed by atoms with Crippen LogP contribution in [0.4, 0.5) is 4.79 Å². The summed E-state index contributed by atoms with van der Waals surface area (Å²) in [5, 5.41) is 27.1. The molecule has 3 aliphatic rings. The number of thioether (sulfide) groups is 1. The molecule has 0 spiro atoms. The maximum absolute atomic E-state index is 13.1. The zero-order chi connectivity index (χ0) is 40.3. The molecular weight excluding hydrogens is 737 g/mol. The fourth-order valence-electron chi connectivity index (χ4n) is 9.21. The van der Waals surface area contributed by atoms with Crippen LogP contribution in [0.3, 0.4) is 0 Å². The monoisotopic (exact) mass is 804 g/mol. The SMILES string of the molecule is C=CCO[C@@]12Oc3ccc(OC(=O)NCCCCCCCCCCCC)cc3[C@H]3[C@H](CCCCO)[C@@H](CCCCO)C=C(C(=NOC)C[C@@H]1Sc1ccccc1)[C@H]32. The standard InChI is InChI=1S/C47H68N2O7S/c1-4-6-7-8-9-10-11-12-13-19-28-48-46(52)55-36-26-27-42-40(33-36)44-38(25-18-21-30-51)35(22-17-20-29-50)32-39-41(49-53-3)34-43(57-37-23-15-14-16-24-37)47(56-42,45(39)44)54-31-5-2/h5,14-16,23-24,26-27,32-33,35,38,43-45,50-51H,2,4,6-13,17-22,25,28-31,34H2,1,3H3,(H,48,52)/t35-,38+,43-,44+,45+,47+/m0/s1. The van der Waals surface area contributed by atoms with E-state index in [0.29, 0.717) is 37.5 Å². The van der Waals surface area contributed by atoms with E-state index in [9.17, 15) is 15.0 Å². The van der Waals surface area contributed by atoms with Crippen molar-refractivity contribution in [2.45, 2.75) is 138 Å². The van der Waals surface area contributed by atoms with Crippen molar-refractivity contribution in [2.24, 2.45) is 22.9 Å². The van der Waals surface area contributed by atoms with Crippen LogP contribution in [0.25, 0.3) is 0 Å². The molecule has 6 atom stereocenters. The second-order valence-corrected chi connectivity index (χ2v) is 17.1. The van der Waals surface area contributed by atoms with Gasteiger partial charge < -0.3 is 34.6 Å². The molecule has 314 valence electrons. The van der Waals surface area contributed by atoms with Crippen molar-refractivity contribution in [3.63, 3.8) is 0 Å². The van der Waals surface area contributed by atoms with Crippen LogP contribution in [-0.2, 0) is 9.57 Å². The summed E-state index contributed by atoms with van der Waals surface area (Å²) < 4.78 is 20.2. The third kappa shape index (κ3) is 12.1. The molecule has 1 saturated carbocycles. The number of ether oxygens (including phenoxy) is 3. The van der Waals surface area contributed by atoms with Crippen LogP contribution >= 0.6 is 11.8 Å². The van der Waals surface area contributed by atoms with Gasteiger partial charge in [0, 0.05) is 42.6 Å². The van der Waals surface area contributed by atoms with E-state index in [-0.39, 0.29) is 42.1 Å². The van der Waals surface area contributed by atoms with E-state index in [1.54, 1.807) is 24.9 Å². The first kappa shape index (κ1) is 44.8. The Morgan fingerprint density at radius 1 is 0.947 bits per heavy atom. The Balaban J connectivity index is 1.45. The molecule has 1 aliphatic heterocycles. The minimum atomic E-state index is -1.08. The van der Waals surface area contributed by atoms with Gasteiger partial charge in [0.2, 0.25) is 5.79 Å². The molecule has 5 rings (SSSR count). The van der Waals surface area contributed by atoms with Gasteiger partial charge in [-0.15, -0.1) is 18.3 Å². The number of allylic oxidation sites excluding steroid dienone is 1. The van der Waals surface area contributed by atoms with Crippen LogP contribution in [0.15, 0.2) is 82.9 Å². The first-order valence-electron chi connectivity index (χ1n) is 21.8. The Labute approximate surface area is 346 Å². The van der Waals surface area contributed by atoms with Crippen LogP contribution in [-0.4, -0.2) is 66.5 Å². The van der Waals surface area contributed by atoms with Gasteiger partial charge in [-0.25, -0.2) is 4.79 Å². The highest BCUT2D eigenvalue weighted by Gasteiger charge is 2.64. The van der Waals surface area contributed by atoms with Gasteiger partial charge in [-0.3, -0.25) is 0 Å². The second-order valence-electron chi connectivity index (χ2n) is 15.9. The van der Waals surface area contributed by atoms with Gasteiger partial charge in [0.15, 0.2) is 0 Å². The van der Waals surface area contributed by atoms with E-state index < -0.39 is 11.9 Å². The lowest BCUT2D eigenvalue weighted by Crippen LogP contribution is -2.64. The van der Waals surface area contributed by atoms with Gasteiger partial charge in [0.1, 0.15) is 18.6 Å². The number of benzene rings is 2. The van der Waals surface area contributed by atoms with Crippen LogP contribution in [0.1, 0.15) is 128 Å². The van der Waals surface area contributed by atoms with E-state index in [0.717, 1.165) is 66.7 Å². The molecule has 1 amide bonds. The maximum Gasteiger partial charge on any atom is 0.412 e. The van der Waals surface area contributed by atoms with Crippen LogP contribution in [0.5, 0.6) is 11.5 Å². The molecule has 57 heavy (non-hydrogen) atoms. The van der Waals surface area contributed by atoms with Crippen molar-refractivity contribution >= 4 is 23.6 Å². The van der Waals surface area contributed by atoms with Crippen LogP contribution < -0.4 is 14.8 Å². The number of carbonyl (C=O) groups excluding carboxylic acids is 1. The zero-order valence-electron chi connectivity index (χ0n) is 34.5. The Kier molecular flexibility index (Phi) is 18.8. The lowest BCUT2D eigenvalue weighted by molar-refractivity contribution is -0.223. The summed E-state index contributed by atoms with van der Waals surface area (Å²) in [6.45, 7) is 7.43. The Hall–Kier alpha value is -3.31. The third-order valence-electron chi connectivity index (χ3n) is 11.9. The van der Waals surface area contributed by atoms with E-state index in [4.69, 9.17) is 19.0 Å². The number of hydrogen-bond donors (Lipinski definition) is 3. The topological polar surface area (TPSA) is 119 Å². The summed E-state index contributed by atoms with van der Waals surface area (Å²) in [5.74, 6) is 0.0821. The Morgan fingerprint density at radius 2 is 1.65 bits per heavy atom. The fraction of sp³-hybridized carbons (Fsp3) is 0.617. The van der Waals surface area contributed by atoms with E-state index >= 15 is 0 Å². The van der Waals surface area contributed by atoms with Crippen LogP contribution in [0.2, 0.25) is 0 Å². The molecule has 2 aromatic carbocycles. The largest absolute Gasteiger partial charge is 0.460 e. The molecule has 0 saturated heterocycles. The second kappa shape index (κ2) is 23.9. The molecule has 9 nitrogen and oxygen atoms in total. The minimum Gasteiger partial charge on any atom is -0.460 e. The van der Waals surface area contributed by atoms with E-state index in [1.165, 1.54) is 51.4 Å². The van der Waals surface area contributed by atoms with Crippen molar-refractivity contribution in [3.05, 3.63) is 78.4 Å². The number of aliphatic hydroxyl groups excluding tert-OH is 2. The molecule has 0 bridgehead atoms. The number of oxime groups is 1. The van der Waals surface area contributed by atoms with Gasteiger partial charge in [-0.05, 0) is 79.8 Å². The quantitative estimate of drug-likeness (QED) is 0.0489. The highest BCUT2D eigenvalue weighted by Crippen LogP contribution is 2.63. The summed E-state index contributed by atoms with van der Waals surface area (Å²) >= 11 is 1.73. The molecule has 2 aromatic rings. The van der Waals surface area contributed by atoms with Gasteiger partial charge in [-0.2, -0.15) is 0 Å². The third-order valence-corrected chi connectivity index (χ3v) is 13.2. The lowest BCUT2D eigenvalue weighted by atomic mass is 9.56. The zero-order valence-corrected chi connectivity index (χ0v) is 35.3. The average Bonchev–Trinajstić information content (AvgIpc) is 3.22. The summed E-state index contributed by atoms with van der Waals surface area (Å²) in [6, 6.07) is 16.1. The fourth-order valence-corrected chi connectivity index (χ4v) is 10.5. The Morgan fingerprint density at radius 3 is 2.33 bits per heavy atom. The van der Waals surface area contributed by atoms with Gasteiger partial charge in [0.25, 0.3) is 0 Å². The Bertz CT molecular complexity index is 1580. The molecule has 2 aliphatic carbocycles. The predicted octanol–water partition coefficient (Wildman–Crippen LogP) is 10.8. The number of fused-ring (bicyclic) bond motifs is 2. The molecule has 1 heterocycles. The van der Waals surface area contributed by atoms with Crippen LogP contribution in [0, 0.1) is 17.8 Å². The first-order valence-corrected chi connectivity index (χ1v) is 22.7. The smallest absolute Gasteiger partial charge is 0.412 e. The number of nitrogens with zero attached hydrogens (tertiary/aromatic N) is 1. The number of hydrogen-bond acceptors (Lipinski definition) is 9. The number of unbranched alkanes of at least 4 members (excludes halogenated alkanes) is 11.